The minimum Gasteiger partial charge on any atom is -0.368 e. The van der Waals surface area contributed by atoms with E-state index in [2.05, 4.69) is 11.9 Å². The van der Waals surface area contributed by atoms with Gasteiger partial charge in [-0.15, -0.1) is 0 Å². The van der Waals surface area contributed by atoms with Crippen molar-refractivity contribution in [3.63, 3.8) is 0 Å². The fraction of sp³-hybridized carbons (Fsp3) is 0.900. The maximum Gasteiger partial charge on any atom is 0.251 e. The molecule has 1 unspecified atom stereocenters. The lowest BCUT2D eigenvalue weighted by atomic mass is 10.2. The first-order valence-electron chi connectivity index (χ1n) is 5.36. The van der Waals surface area contributed by atoms with Gasteiger partial charge in [0.15, 0.2) is 0 Å². The Labute approximate surface area is 84.8 Å². The standard InChI is InChI=1S/C10H18N2O2/c1-11-4-6-12(7-5-11)10(13)9-3-2-8-14-9/h9H,2-8H2,1H3. The van der Waals surface area contributed by atoms with Gasteiger partial charge in [0, 0.05) is 32.8 Å². The molecular weight excluding hydrogens is 180 g/mol. The van der Waals surface area contributed by atoms with Crippen molar-refractivity contribution in [1.29, 1.82) is 0 Å². The lowest BCUT2D eigenvalue weighted by Gasteiger charge is -2.33. The van der Waals surface area contributed by atoms with Crippen molar-refractivity contribution in [2.45, 2.75) is 18.9 Å². The Morgan fingerprint density at radius 3 is 2.57 bits per heavy atom. The van der Waals surface area contributed by atoms with E-state index in [9.17, 15) is 4.79 Å². The zero-order valence-electron chi connectivity index (χ0n) is 8.74. The lowest BCUT2D eigenvalue weighted by Crippen LogP contribution is -2.50. The average molecular weight is 198 g/mol. The number of hydrogen-bond donors (Lipinski definition) is 0. The van der Waals surface area contributed by atoms with Crippen molar-refractivity contribution in [3.8, 4) is 0 Å². The Balaban J connectivity index is 1.85. The highest BCUT2D eigenvalue weighted by Crippen LogP contribution is 2.15. The van der Waals surface area contributed by atoms with E-state index in [4.69, 9.17) is 4.74 Å². The van der Waals surface area contributed by atoms with Crippen molar-refractivity contribution in [1.82, 2.24) is 9.80 Å². The topological polar surface area (TPSA) is 32.8 Å². The second-order valence-corrected chi connectivity index (χ2v) is 4.13. The normalized spacial score (nSPS) is 29.5. The van der Waals surface area contributed by atoms with Gasteiger partial charge in [-0.25, -0.2) is 0 Å². The molecule has 0 aromatic rings. The minimum absolute atomic E-state index is 0.140. The van der Waals surface area contributed by atoms with E-state index in [0.29, 0.717) is 0 Å². The van der Waals surface area contributed by atoms with Gasteiger partial charge in [-0.05, 0) is 19.9 Å². The number of likely N-dealkylation sites (N-methyl/N-ethyl adjacent to an activating group) is 1. The molecule has 0 N–H and O–H groups in total. The summed E-state index contributed by atoms with van der Waals surface area (Å²) in [6.07, 6.45) is 1.80. The zero-order chi connectivity index (χ0) is 9.97. The van der Waals surface area contributed by atoms with Crippen LogP contribution in [0, 0.1) is 0 Å². The molecule has 2 aliphatic heterocycles. The summed E-state index contributed by atoms with van der Waals surface area (Å²) in [6.45, 7) is 4.44. The van der Waals surface area contributed by atoms with Gasteiger partial charge in [0.1, 0.15) is 6.10 Å². The molecule has 2 fully saturated rings. The van der Waals surface area contributed by atoms with Crippen LogP contribution in [0.2, 0.25) is 0 Å². The van der Waals surface area contributed by atoms with E-state index < -0.39 is 0 Å². The van der Waals surface area contributed by atoms with E-state index in [0.717, 1.165) is 45.6 Å². The van der Waals surface area contributed by atoms with E-state index >= 15 is 0 Å². The average Bonchev–Trinajstić information content (AvgIpc) is 2.71. The Kier molecular flexibility index (Phi) is 3.03. The predicted octanol–water partition coefficient (Wildman–Crippen LogP) is -0.0606. The summed E-state index contributed by atoms with van der Waals surface area (Å²) in [5, 5.41) is 0. The molecule has 4 heteroatoms. The van der Waals surface area contributed by atoms with E-state index in [1.807, 2.05) is 4.90 Å². The predicted molar refractivity (Wildman–Crippen MR) is 53.1 cm³/mol. The van der Waals surface area contributed by atoms with Crippen LogP contribution in [0.4, 0.5) is 0 Å². The molecule has 4 nitrogen and oxygen atoms in total. The second-order valence-electron chi connectivity index (χ2n) is 4.13. The number of amides is 1. The molecule has 0 spiro atoms. The first-order valence-corrected chi connectivity index (χ1v) is 5.36. The SMILES string of the molecule is CN1CCN(C(=O)C2CCCO2)CC1. The summed E-state index contributed by atoms with van der Waals surface area (Å²) in [5.41, 5.74) is 0. The van der Waals surface area contributed by atoms with Crippen LogP contribution >= 0.6 is 0 Å². The van der Waals surface area contributed by atoms with Crippen LogP contribution < -0.4 is 0 Å². The summed E-state index contributed by atoms with van der Waals surface area (Å²) in [7, 11) is 2.09. The van der Waals surface area contributed by atoms with Crippen molar-refractivity contribution in [2.75, 3.05) is 39.8 Å². The van der Waals surface area contributed by atoms with Gasteiger partial charge >= 0.3 is 0 Å². The molecule has 0 aliphatic carbocycles. The number of rotatable bonds is 1. The molecule has 14 heavy (non-hydrogen) atoms. The quantitative estimate of drug-likeness (QED) is 0.592. The van der Waals surface area contributed by atoms with Crippen molar-refractivity contribution >= 4 is 5.91 Å². The van der Waals surface area contributed by atoms with E-state index in [1.54, 1.807) is 0 Å². The summed E-state index contributed by atoms with van der Waals surface area (Å²) < 4.78 is 5.39. The molecule has 2 saturated heterocycles. The number of nitrogens with zero attached hydrogens (tertiary/aromatic N) is 2. The number of carbonyl (C=O) groups excluding carboxylic acids is 1. The minimum atomic E-state index is -0.140. The summed E-state index contributed by atoms with van der Waals surface area (Å²) in [4.78, 5) is 16.1. The van der Waals surface area contributed by atoms with Crippen molar-refractivity contribution in [3.05, 3.63) is 0 Å². The largest absolute Gasteiger partial charge is 0.368 e. The molecule has 2 rings (SSSR count). The third kappa shape index (κ3) is 2.07. The Hall–Kier alpha value is -0.610. The van der Waals surface area contributed by atoms with Crippen LogP contribution in [-0.4, -0.2) is 61.6 Å². The summed E-state index contributed by atoms with van der Waals surface area (Å²) in [5.74, 6) is 0.204. The van der Waals surface area contributed by atoms with E-state index in [-0.39, 0.29) is 12.0 Å². The van der Waals surface area contributed by atoms with E-state index in [1.165, 1.54) is 0 Å². The summed E-state index contributed by atoms with van der Waals surface area (Å²) >= 11 is 0. The molecule has 2 heterocycles. The molecule has 0 radical (unpaired) electrons. The van der Waals surface area contributed by atoms with Crippen LogP contribution in [0.1, 0.15) is 12.8 Å². The number of carbonyl (C=O) groups is 1. The molecule has 0 saturated carbocycles. The highest BCUT2D eigenvalue weighted by Gasteiger charge is 2.29. The molecule has 2 aliphatic rings. The fourth-order valence-corrected chi connectivity index (χ4v) is 2.00. The van der Waals surface area contributed by atoms with Crippen LogP contribution in [0.15, 0.2) is 0 Å². The van der Waals surface area contributed by atoms with Crippen LogP contribution in [0.3, 0.4) is 0 Å². The second kappa shape index (κ2) is 4.28. The Morgan fingerprint density at radius 1 is 1.29 bits per heavy atom. The first kappa shape index (κ1) is 9.93. The van der Waals surface area contributed by atoms with Crippen LogP contribution in [0.5, 0.6) is 0 Å². The van der Waals surface area contributed by atoms with Gasteiger partial charge in [-0.3, -0.25) is 4.79 Å². The summed E-state index contributed by atoms with van der Waals surface area (Å²) in [6, 6.07) is 0. The van der Waals surface area contributed by atoms with Gasteiger partial charge in [0.2, 0.25) is 0 Å². The molecule has 0 aromatic heterocycles. The fourth-order valence-electron chi connectivity index (χ4n) is 2.00. The molecule has 0 bridgehead atoms. The molecule has 1 amide bonds. The smallest absolute Gasteiger partial charge is 0.251 e. The van der Waals surface area contributed by atoms with Gasteiger partial charge in [-0.2, -0.15) is 0 Å². The maximum absolute atomic E-state index is 11.9. The number of piperazine rings is 1. The number of ether oxygens (including phenoxy) is 1. The maximum atomic E-state index is 11.9. The monoisotopic (exact) mass is 198 g/mol. The molecule has 80 valence electrons. The Morgan fingerprint density at radius 2 is 2.00 bits per heavy atom. The van der Waals surface area contributed by atoms with Crippen LogP contribution in [0.25, 0.3) is 0 Å². The molecular formula is C10H18N2O2. The molecule has 1 atom stereocenters. The lowest BCUT2D eigenvalue weighted by molar-refractivity contribution is -0.142. The highest BCUT2D eigenvalue weighted by molar-refractivity contribution is 5.81. The van der Waals surface area contributed by atoms with Crippen LogP contribution in [-0.2, 0) is 9.53 Å². The van der Waals surface area contributed by atoms with Gasteiger partial charge in [-0.1, -0.05) is 0 Å². The first-order chi connectivity index (χ1) is 6.77. The van der Waals surface area contributed by atoms with Crippen molar-refractivity contribution in [2.24, 2.45) is 0 Å². The zero-order valence-corrected chi connectivity index (χ0v) is 8.74. The van der Waals surface area contributed by atoms with Gasteiger partial charge in [0.25, 0.3) is 5.91 Å². The van der Waals surface area contributed by atoms with Gasteiger partial charge in [0.05, 0.1) is 0 Å². The van der Waals surface area contributed by atoms with Gasteiger partial charge < -0.3 is 14.5 Å². The third-order valence-corrected chi connectivity index (χ3v) is 3.02. The Bertz CT molecular complexity index is 206. The molecule has 0 aromatic carbocycles. The van der Waals surface area contributed by atoms with Crippen molar-refractivity contribution < 1.29 is 9.53 Å². The number of hydrogen-bond acceptors (Lipinski definition) is 3. The highest BCUT2D eigenvalue weighted by atomic mass is 16.5. The third-order valence-electron chi connectivity index (χ3n) is 3.02.